The van der Waals surface area contributed by atoms with E-state index in [4.69, 9.17) is 10.5 Å². The van der Waals surface area contributed by atoms with Crippen LogP contribution in [0.1, 0.15) is 40.5 Å². The summed E-state index contributed by atoms with van der Waals surface area (Å²) in [6.07, 6.45) is 1.87. The zero-order chi connectivity index (χ0) is 14.5. The summed E-state index contributed by atoms with van der Waals surface area (Å²) in [7, 11) is 0. The number of ether oxygens (including phenoxy) is 1. The van der Waals surface area contributed by atoms with Gasteiger partial charge in [0, 0.05) is 5.54 Å². The van der Waals surface area contributed by atoms with Gasteiger partial charge in [-0.15, -0.1) is 24.0 Å². The van der Waals surface area contributed by atoms with Crippen LogP contribution in [0.15, 0.2) is 4.99 Å². The van der Waals surface area contributed by atoms with Crippen LogP contribution in [0.3, 0.4) is 0 Å². The van der Waals surface area contributed by atoms with Crippen LogP contribution in [-0.2, 0) is 4.74 Å². The molecule has 0 radical (unpaired) electrons. The van der Waals surface area contributed by atoms with Crippen molar-refractivity contribution in [1.82, 2.24) is 10.6 Å². The molecule has 1 amide bonds. The van der Waals surface area contributed by atoms with Crippen molar-refractivity contribution in [2.24, 2.45) is 16.6 Å². The fourth-order valence-corrected chi connectivity index (χ4v) is 1.76. The SMILES string of the molecule is CCOC(=O)NC(CN=C(N)NC(C)(C)C)C1CC1.I. The Morgan fingerprint density at radius 3 is 2.50 bits per heavy atom. The van der Waals surface area contributed by atoms with E-state index >= 15 is 0 Å². The highest BCUT2D eigenvalue weighted by molar-refractivity contribution is 14.0. The first-order valence-corrected chi connectivity index (χ1v) is 6.83. The van der Waals surface area contributed by atoms with Crippen LogP contribution in [0, 0.1) is 5.92 Å². The number of rotatable bonds is 5. The van der Waals surface area contributed by atoms with Crippen LogP contribution in [0.4, 0.5) is 4.79 Å². The number of nitrogens with one attached hydrogen (secondary N) is 2. The fraction of sp³-hybridized carbons (Fsp3) is 0.846. The number of carbonyl (C=O) groups excluding carboxylic acids is 1. The molecule has 7 heteroatoms. The largest absolute Gasteiger partial charge is 0.450 e. The number of halogens is 1. The molecule has 1 saturated carbocycles. The van der Waals surface area contributed by atoms with E-state index in [1.807, 2.05) is 20.8 Å². The summed E-state index contributed by atoms with van der Waals surface area (Å²) in [5.41, 5.74) is 5.70. The molecule has 1 rings (SSSR count). The van der Waals surface area contributed by atoms with Crippen molar-refractivity contribution < 1.29 is 9.53 Å². The summed E-state index contributed by atoms with van der Waals surface area (Å²) < 4.78 is 4.89. The van der Waals surface area contributed by atoms with Gasteiger partial charge in [0.1, 0.15) is 0 Å². The summed E-state index contributed by atoms with van der Waals surface area (Å²) >= 11 is 0. The molecule has 1 atom stereocenters. The van der Waals surface area contributed by atoms with Crippen molar-refractivity contribution in [3.8, 4) is 0 Å². The molecule has 0 bridgehead atoms. The molecule has 6 nitrogen and oxygen atoms in total. The first-order chi connectivity index (χ1) is 8.81. The van der Waals surface area contributed by atoms with E-state index in [9.17, 15) is 4.79 Å². The second-order valence-electron chi connectivity index (χ2n) is 5.91. The molecule has 0 aromatic rings. The number of nitrogens with two attached hydrogens (primary N) is 1. The summed E-state index contributed by atoms with van der Waals surface area (Å²) in [6, 6.07) is 0.0133. The Kier molecular flexibility index (Phi) is 8.22. The molecular formula is C13H27IN4O2. The first kappa shape index (κ1) is 19.3. The number of guanidine groups is 1. The van der Waals surface area contributed by atoms with Crippen LogP contribution in [-0.4, -0.2) is 36.8 Å². The van der Waals surface area contributed by atoms with Crippen molar-refractivity contribution in [3.63, 3.8) is 0 Å². The minimum atomic E-state index is -0.378. The van der Waals surface area contributed by atoms with E-state index in [0.29, 0.717) is 25.0 Å². The average molecular weight is 398 g/mol. The Bertz CT molecular complexity index is 338. The van der Waals surface area contributed by atoms with Gasteiger partial charge in [-0.2, -0.15) is 0 Å². The van der Waals surface area contributed by atoms with Crippen molar-refractivity contribution in [3.05, 3.63) is 0 Å². The Balaban J connectivity index is 0.00000361. The smallest absolute Gasteiger partial charge is 0.407 e. The van der Waals surface area contributed by atoms with Gasteiger partial charge in [-0.3, -0.25) is 4.99 Å². The Morgan fingerprint density at radius 2 is 2.05 bits per heavy atom. The minimum absolute atomic E-state index is 0. The van der Waals surface area contributed by atoms with Crippen LogP contribution < -0.4 is 16.4 Å². The van der Waals surface area contributed by atoms with Crippen LogP contribution >= 0.6 is 24.0 Å². The first-order valence-electron chi connectivity index (χ1n) is 6.83. The normalized spacial score (nSPS) is 16.9. The third kappa shape index (κ3) is 8.44. The second kappa shape index (κ2) is 8.53. The van der Waals surface area contributed by atoms with Gasteiger partial charge in [-0.05, 0) is 46.5 Å². The zero-order valence-corrected chi connectivity index (χ0v) is 15.1. The van der Waals surface area contributed by atoms with E-state index in [2.05, 4.69) is 15.6 Å². The lowest BCUT2D eigenvalue weighted by atomic mass is 10.1. The summed E-state index contributed by atoms with van der Waals surface area (Å²) in [4.78, 5) is 15.7. The highest BCUT2D eigenvalue weighted by Crippen LogP contribution is 2.32. The molecule has 1 unspecified atom stereocenters. The van der Waals surface area contributed by atoms with E-state index in [1.54, 1.807) is 6.92 Å². The Morgan fingerprint density at radius 1 is 1.45 bits per heavy atom. The summed E-state index contributed by atoms with van der Waals surface area (Å²) in [5, 5.41) is 5.94. The van der Waals surface area contributed by atoms with E-state index in [1.165, 1.54) is 0 Å². The average Bonchev–Trinajstić information content (AvgIpc) is 3.05. The number of amides is 1. The molecule has 0 spiro atoms. The molecule has 0 aromatic carbocycles. The van der Waals surface area contributed by atoms with Crippen molar-refractivity contribution >= 4 is 36.0 Å². The third-order valence-electron chi connectivity index (χ3n) is 2.73. The highest BCUT2D eigenvalue weighted by atomic mass is 127. The fourth-order valence-electron chi connectivity index (χ4n) is 1.76. The van der Waals surface area contributed by atoms with Gasteiger partial charge in [0.25, 0.3) is 0 Å². The number of nitrogens with zero attached hydrogens (tertiary/aromatic N) is 1. The topological polar surface area (TPSA) is 88.7 Å². The van der Waals surface area contributed by atoms with Crippen molar-refractivity contribution in [2.45, 2.75) is 52.1 Å². The maximum absolute atomic E-state index is 11.4. The van der Waals surface area contributed by atoms with Gasteiger partial charge >= 0.3 is 6.09 Å². The predicted octanol–water partition coefficient (Wildman–Crippen LogP) is 1.83. The number of carbonyl (C=O) groups is 1. The lowest BCUT2D eigenvalue weighted by molar-refractivity contribution is 0.147. The molecule has 4 N–H and O–H groups in total. The molecule has 0 heterocycles. The van der Waals surface area contributed by atoms with Crippen molar-refractivity contribution in [1.29, 1.82) is 0 Å². The number of alkyl carbamates (subject to hydrolysis) is 1. The molecule has 0 aromatic heterocycles. The van der Waals surface area contributed by atoms with Gasteiger partial charge in [-0.1, -0.05) is 0 Å². The van der Waals surface area contributed by atoms with E-state index in [0.717, 1.165) is 12.8 Å². The Labute approximate surface area is 138 Å². The standard InChI is InChI=1S/C13H26N4O2.HI/c1-5-19-12(18)16-10(9-6-7-9)8-15-11(14)17-13(2,3)4;/h9-10H,5-8H2,1-4H3,(H,16,18)(H3,14,15,17);1H. The number of hydrogen-bond donors (Lipinski definition) is 3. The minimum Gasteiger partial charge on any atom is -0.450 e. The molecule has 1 aliphatic rings. The maximum atomic E-state index is 11.4. The maximum Gasteiger partial charge on any atom is 0.407 e. The van der Waals surface area contributed by atoms with Crippen molar-refractivity contribution in [2.75, 3.05) is 13.2 Å². The number of aliphatic imine (C=N–C) groups is 1. The quantitative estimate of drug-likeness (QED) is 0.375. The molecule has 1 fully saturated rings. The molecule has 0 aliphatic heterocycles. The molecule has 20 heavy (non-hydrogen) atoms. The summed E-state index contributed by atoms with van der Waals surface area (Å²) in [5.74, 6) is 0.902. The molecule has 118 valence electrons. The number of hydrogen-bond acceptors (Lipinski definition) is 3. The molecular weight excluding hydrogens is 371 g/mol. The molecule has 1 aliphatic carbocycles. The Hall–Kier alpha value is -0.730. The van der Waals surface area contributed by atoms with E-state index < -0.39 is 0 Å². The van der Waals surface area contributed by atoms with Crippen LogP contribution in [0.5, 0.6) is 0 Å². The van der Waals surface area contributed by atoms with Gasteiger partial charge in [0.15, 0.2) is 5.96 Å². The molecule has 0 saturated heterocycles. The zero-order valence-electron chi connectivity index (χ0n) is 12.7. The third-order valence-corrected chi connectivity index (χ3v) is 2.73. The lowest BCUT2D eigenvalue weighted by Gasteiger charge is -2.22. The van der Waals surface area contributed by atoms with Gasteiger partial charge in [-0.25, -0.2) is 4.79 Å². The summed E-state index contributed by atoms with van der Waals surface area (Å²) in [6.45, 7) is 8.70. The van der Waals surface area contributed by atoms with Gasteiger partial charge < -0.3 is 21.1 Å². The van der Waals surface area contributed by atoms with Gasteiger partial charge in [0.05, 0.1) is 19.2 Å². The monoisotopic (exact) mass is 398 g/mol. The van der Waals surface area contributed by atoms with Crippen LogP contribution in [0.2, 0.25) is 0 Å². The highest BCUT2D eigenvalue weighted by Gasteiger charge is 2.32. The second-order valence-corrected chi connectivity index (χ2v) is 5.91. The van der Waals surface area contributed by atoms with E-state index in [-0.39, 0.29) is 41.7 Å². The van der Waals surface area contributed by atoms with Crippen LogP contribution in [0.25, 0.3) is 0 Å². The lowest BCUT2D eigenvalue weighted by Crippen LogP contribution is -2.46. The predicted molar refractivity (Wildman–Crippen MR) is 91.5 cm³/mol. The van der Waals surface area contributed by atoms with Gasteiger partial charge in [0.2, 0.25) is 0 Å².